The number of hydrogen-bond acceptors (Lipinski definition) is 2. The Bertz CT molecular complexity index is 1840. The van der Waals surface area contributed by atoms with Crippen molar-refractivity contribution >= 4 is 0 Å². The fourth-order valence-electron chi connectivity index (χ4n) is 7.09. The first-order valence-electron chi connectivity index (χ1n) is 14.7. The average Bonchev–Trinajstić information content (AvgIpc) is 3.09. The van der Waals surface area contributed by atoms with Crippen LogP contribution in [0.25, 0.3) is 44.6 Å². The Morgan fingerprint density at radius 3 is 1.88 bits per heavy atom. The Balaban J connectivity index is 1.28. The molecule has 0 saturated carbocycles. The predicted molar refractivity (Wildman–Crippen MR) is 173 cm³/mol. The fourth-order valence-corrected chi connectivity index (χ4v) is 7.09. The SMILES string of the molecule is C1=CC2c3ccc(-c4ccccc4-c4cc(-c5cccnc5)cc(-c5ccccn5)c4)cc3C3C=CC=CC3C2C=C1. The average molecular weight is 539 g/mol. The van der Waals surface area contributed by atoms with Crippen molar-refractivity contribution in [2.24, 2.45) is 11.8 Å². The van der Waals surface area contributed by atoms with Gasteiger partial charge in [-0.3, -0.25) is 9.97 Å². The van der Waals surface area contributed by atoms with Crippen LogP contribution in [0.4, 0.5) is 0 Å². The molecule has 2 nitrogen and oxygen atoms in total. The molecule has 2 heteroatoms. The number of aromatic nitrogens is 2. The third-order valence-corrected chi connectivity index (χ3v) is 9.04. The monoisotopic (exact) mass is 538 g/mol. The van der Waals surface area contributed by atoms with Crippen LogP contribution in [0, 0.1) is 11.8 Å². The summed E-state index contributed by atoms with van der Waals surface area (Å²) in [5.41, 5.74) is 12.1. The van der Waals surface area contributed by atoms with Crippen LogP contribution >= 0.6 is 0 Å². The topological polar surface area (TPSA) is 25.8 Å². The van der Waals surface area contributed by atoms with E-state index in [0.717, 1.165) is 22.4 Å². The highest BCUT2D eigenvalue weighted by atomic mass is 14.7. The molecular formula is C40H30N2. The van der Waals surface area contributed by atoms with Gasteiger partial charge in [-0.15, -0.1) is 0 Å². The van der Waals surface area contributed by atoms with Crippen molar-refractivity contribution in [3.8, 4) is 44.6 Å². The van der Waals surface area contributed by atoms with Gasteiger partial charge in [0.1, 0.15) is 0 Å². The molecule has 2 aromatic heterocycles. The molecule has 0 bridgehead atoms. The molecule has 5 aromatic rings. The second-order valence-electron chi connectivity index (χ2n) is 11.4. The molecule has 4 atom stereocenters. The van der Waals surface area contributed by atoms with E-state index in [4.69, 9.17) is 0 Å². The number of nitrogens with zero attached hydrogens (tertiary/aromatic N) is 2. The maximum absolute atomic E-state index is 4.68. The second-order valence-corrected chi connectivity index (χ2v) is 11.4. The standard InChI is InChI=1S/C40H30N2/c1-2-12-33(30-22-29(28-10-9-20-41-26-28)23-31(24-30)40-17-7-8-21-42-40)32(11-1)27-18-19-38-36-15-4-3-13-34(36)35-14-5-6-16-37(35)39(38)25-27/h1-26,34-37H. The maximum Gasteiger partial charge on any atom is 0.0702 e. The highest BCUT2D eigenvalue weighted by Gasteiger charge is 2.39. The van der Waals surface area contributed by atoms with Gasteiger partial charge in [0.15, 0.2) is 0 Å². The molecular weight excluding hydrogens is 508 g/mol. The minimum Gasteiger partial charge on any atom is -0.264 e. The Hall–Kier alpha value is -5.08. The first-order chi connectivity index (χ1) is 20.8. The quantitative estimate of drug-likeness (QED) is 0.228. The van der Waals surface area contributed by atoms with Crippen molar-refractivity contribution in [3.05, 3.63) is 169 Å². The summed E-state index contributed by atoms with van der Waals surface area (Å²) >= 11 is 0. The van der Waals surface area contributed by atoms with Crippen LogP contribution in [-0.4, -0.2) is 9.97 Å². The molecule has 0 amide bonds. The van der Waals surface area contributed by atoms with Gasteiger partial charge in [-0.05, 0) is 87.2 Å². The van der Waals surface area contributed by atoms with Crippen LogP contribution in [0.1, 0.15) is 23.0 Å². The molecule has 3 aromatic carbocycles. The molecule has 0 fully saturated rings. The largest absolute Gasteiger partial charge is 0.264 e. The highest BCUT2D eigenvalue weighted by molar-refractivity contribution is 5.88. The van der Waals surface area contributed by atoms with Crippen LogP contribution in [0.3, 0.4) is 0 Å². The molecule has 3 aliphatic carbocycles. The van der Waals surface area contributed by atoms with Gasteiger partial charge in [0.2, 0.25) is 0 Å². The summed E-state index contributed by atoms with van der Waals surface area (Å²) in [5, 5.41) is 0. The van der Waals surface area contributed by atoms with Crippen LogP contribution in [0.15, 0.2) is 158 Å². The van der Waals surface area contributed by atoms with Crippen LogP contribution < -0.4 is 0 Å². The van der Waals surface area contributed by atoms with E-state index in [9.17, 15) is 0 Å². The third kappa shape index (κ3) is 4.28. The van der Waals surface area contributed by atoms with Gasteiger partial charge in [-0.25, -0.2) is 0 Å². The number of benzene rings is 3. The minimum absolute atomic E-state index is 0.388. The van der Waals surface area contributed by atoms with Crippen LogP contribution in [0.5, 0.6) is 0 Å². The second kappa shape index (κ2) is 10.4. The lowest BCUT2D eigenvalue weighted by atomic mass is 9.61. The fraction of sp³-hybridized carbons (Fsp3) is 0.100. The number of allylic oxidation sites excluding steroid dienone is 8. The molecule has 8 rings (SSSR count). The van der Waals surface area contributed by atoms with Crippen molar-refractivity contribution in [3.63, 3.8) is 0 Å². The van der Waals surface area contributed by atoms with Gasteiger partial charge in [0.25, 0.3) is 0 Å². The molecule has 4 unspecified atom stereocenters. The molecule has 200 valence electrons. The normalized spacial score (nSPS) is 21.4. The first-order valence-corrected chi connectivity index (χ1v) is 14.7. The van der Waals surface area contributed by atoms with Crippen molar-refractivity contribution in [1.29, 1.82) is 0 Å². The summed E-state index contributed by atoms with van der Waals surface area (Å²) in [6.07, 6.45) is 24.1. The Morgan fingerprint density at radius 1 is 0.452 bits per heavy atom. The van der Waals surface area contributed by atoms with E-state index in [-0.39, 0.29) is 0 Å². The van der Waals surface area contributed by atoms with E-state index in [1.807, 2.05) is 36.8 Å². The van der Waals surface area contributed by atoms with Crippen molar-refractivity contribution < 1.29 is 0 Å². The number of pyridine rings is 2. The van der Waals surface area contributed by atoms with Gasteiger partial charge in [0, 0.05) is 41.6 Å². The molecule has 0 radical (unpaired) electrons. The lowest BCUT2D eigenvalue weighted by Gasteiger charge is -2.42. The van der Waals surface area contributed by atoms with Crippen LogP contribution in [-0.2, 0) is 0 Å². The summed E-state index contributed by atoms with van der Waals surface area (Å²) in [5.74, 6) is 1.80. The van der Waals surface area contributed by atoms with E-state index in [0.29, 0.717) is 23.7 Å². The van der Waals surface area contributed by atoms with E-state index >= 15 is 0 Å². The number of fused-ring (bicyclic) bond motifs is 6. The third-order valence-electron chi connectivity index (χ3n) is 9.04. The van der Waals surface area contributed by atoms with Crippen molar-refractivity contribution in [1.82, 2.24) is 9.97 Å². The zero-order valence-electron chi connectivity index (χ0n) is 23.2. The van der Waals surface area contributed by atoms with Gasteiger partial charge in [0.05, 0.1) is 5.69 Å². The van der Waals surface area contributed by atoms with Gasteiger partial charge in [-0.2, -0.15) is 0 Å². The molecule has 0 N–H and O–H groups in total. The Labute approximate surface area is 247 Å². The molecule has 3 aliphatic rings. The lowest BCUT2D eigenvalue weighted by Crippen LogP contribution is -2.31. The molecule has 0 aliphatic heterocycles. The van der Waals surface area contributed by atoms with Crippen molar-refractivity contribution in [2.75, 3.05) is 0 Å². The zero-order chi connectivity index (χ0) is 27.9. The van der Waals surface area contributed by atoms with Gasteiger partial charge >= 0.3 is 0 Å². The number of hydrogen-bond donors (Lipinski definition) is 0. The summed E-state index contributed by atoms with van der Waals surface area (Å²) in [7, 11) is 0. The van der Waals surface area contributed by atoms with E-state index < -0.39 is 0 Å². The number of rotatable bonds is 4. The summed E-state index contributed by atoms with van der Waals surface area (Å²) in [6.45, 7) is 0. The maximum atomic E-state index is 4.68. The van der Waals surface area contributed by atoms with E-state index in [1.54, 1.807) is 0 Å². The first kappa shape index (κ1) is 24.7. The molecule has 0 saturated heterocycles. The predicted octanol–water partition coefficient (Wildman–Crippen LogP) is 9.81. The van der Waals surface area contributed by atoms with E-state index in [2.05, 4.69) is 131 Å². The summed E-state index contributed by atoms with van der Waals surface area (Å²) in [4.78, 5) is 9.08. The lowest BCUT2D eigenvalue weighted by molar-refractivity contribution is 0.370. The molecule has 2 heterocycles. The van der Waals surface area contributed by atoms with Gasteiger partial charge < -0.3 is 0 Å². The minimum atomic E-state index is 0.388. The smallest absolute Gasteiger partial charge is 0.0702 e. The van der Waals surface area contributed by atoms with E-state index in [1.165, 1.54) is 33.4 Å². The summed E-state index contributed by atoms with van der Waals surface area (Å²) in [6, 6.07) is 32.9. The Morgan fingerprint density at radius 2 is 1.14 bits per heavy atom. The zero-order valence-corrected chi connectivity index (χ0v) is 23.2. The highest BCUT2D eigenvalue weighted by Crippen LogP contribution is 2.52. The van der Waals surface area contributed by atoms with Crippen LogP contribution in [0.2, 0.25) is 0 Å². The molecule has 42 heavy (non-hydrogen) atoms. The summed E-state index contributed by atoms with van der Waals surface area (Å²) < 4.78 is 0. The van der Waals surface area contributed by atoms with Crippen molar-refractivity contribution in [2.45, 2.75) is 11.8 Å². The van der Waals surface area contributed by atoms with Gasteiger partial charge in [-0.1, -0.05) is 103 Å². The molecule has 0 spiro atoms. The Kier molecular flexibility index (Phi) is 6.11.